The summed E-state index contributed by atoms with van der Waals surface area (Å²) in [7, 11) is 0. The molecule has 30 heavy (non-hydrogen) atoms. The van der Waals surface area contributed by atoms with Gasteiger partial charge in [0.05, 0.1) is 18.6 Å². The molecule has 1 unspecified atom stereocenters. The lowest BCUT2D eigenvalue weighted by Gasteiger charge is -2.34. The Labute approximate surface area is 178 Å². The van der Waals surface area contributed by atoms with Crippen LogP contribution in [0.1, 0.15) is 75.1 Å². The van der Waals surface area contributed by atoms with Crippen molar-refractivity contribution in [2.75, 3.05) is 19.7 Å². The van der Waals surface area contributed by atoms with Crippen LogP contribution in [0.2, 0.25) is 0 Å². The predicted octanol–water partition coefficient (Wildman–Crippen LogP) is 3.84. The SMILES string of the molecule is CCCCCCCCCCOC(=O)CC1C(=O)NCCN1C(=O)c1ccccc1F. The fourth-order valence-electron chi connectivity index (χ4n) is 3.59. The van der Waals surface area contributed by atoms with Crippen LogP contribution in [-0.2, 0) is 14.3 Å². The van der Waals surface area contributed by atoms with Gasteiger partial charge in [-0.05, 0) is 18.6 Å². The predicted molar refractivity (Wildman–Crippen MR) is 112 cm³/mol. The Bertz CT molecular complexity index is 710. The van der Waals surface area contributed by atoms with Gasteiger partial charge in [0.2, 0.25) is 5.91 Å². The fourth-order valence-corrected chi connectivity index (χ4v) is 3.59. The molecule has 0 bridgehead atoms. The molecule has 0 aliphatic carbocycles. The Hall–Kier alpha value is -2.44. The van der Waals surface area contributed by atoms with Crippen LogP contribution >= 0.6 is 0 Å². The Morgan fingerprint density at radius 2 is 1.77 bits per heavy atom. The number of esters is 1. The summed E-state index contributed by atoms with van der Waals surface area (Å²) in [4.78, 5) is 38.5. The van der Waals surface area contributed by atoms with Crippen molar-refractivity contribution < 1.29 is 23.5 Å². The molecule has 1 aromatic rings. The molecule has 1 fully saturated rings. The second kappa shape index (κ2) is 13.0. The highest BCUT2D eigenvalue weighted by Crippen LogP contribution is 2.17. The molecule has 166 valence electrons. The average Bonchev–Trinajstić information content (AvgIpc) is 2.74. The molecule has 2 rings (SSSR count). The number of piperazine rings is 1. The second-order valence-electron chi connectivity index (χ2n) is 7.68. The molecule has 0 aromatic heterocycles. The summed E-state index contributed by atoms with van der Waals surface area (Å²) in [6.07, 6.45) is 8.91. The van der Waals surface area contributed by atoms with E-state index in [4.69, 9.17) is 4.74 Å². The van der Waals surface area contributed by atoms with Crippen LogP contribution < -0.4 is 5.32 Å². The highest BCUT2D eigenvalue weighted by molar-refractivity contribution is 5.99. The van der Waals surface area contributed by atoms with Crippen molar-refractivity contribution in [3.8, 4) is 0 Å². The molecule has 0 spiro atoms. The lowest BCUT2D eigenvalue weighted by molar-refractivity contribution is -0.147. The van der Waals surface area contributed by atoms with E-state index in [1.54, 1.807) is 6.07 Å². The first-order valence-electron chi connectivity index (χ1n) is 11.0. The van der Waals surface area contributed by atoms with Crippen molar-refractivity contribution in [1.29, 1.82) is 0 Å². The third kappa shape index (κ3) is 7.43. The molecule has 7 heteroatoms. The summed E-state index contributed by atoms with van der Waals surface area (Å²) in [5.74, 6) is -2.19. The quantitative estimate of drug-likeness (QED) is 0.412. The molecule has 6 nitrogen and oxygen atoms in total. The van der Waals surface area contributed by atoms with Gasteiger partial charge in [0.25, 0.3) is 5.91 Å². The van der Waals surface area contributed by atoms with Crippen molar-refractivity contribution in [2.45, 2.75) is 70.8 Å². The first-order chi connectivity index (χ1) is 14.5. The molecule has 1 aromatic carbocycles. The number of nitrogens with one attached hydrogen (secondary N) is 1. The van der Waals surface area contributed by atoms with Gasteiger partial charge >= 0.3 is 5.97 Å². The second-order valence-corrected chi connectivity index (χ2v) is 7.68. The van der Waals surface area contributed by atoms with Crippen molar-refractivity contribution in [3.05, 3.63) is 35.6 Å². The van der Waals surface area contributed by atoms with Crippen LogP contribution in [0.25, 0.3) is 0 Å². The van der Waals surface area contributed by atoms with E-state index in [0.717, 1.165) is 19.3 Å². The number of nitrogens with zero attached hydrogens (tertiary/aromatic N) is 1. The first kappa shape index (κ1) is 23.8. The van der Waals surface area contributed by atoms with Crippen LogP contribution in [0, 0.1) is 5.82 Å². The minimum absolute atomic E-state index is 0.107. The summed E-state index contributed by atoms with van der Waals surface area (Å²) in [5, 5.41) is 2.66. The van der Waals surface area contributed by atoms with E-state index in [1.807, 2.05) is 0 Å². The summed E-state index contributed by atoms with van der Waals surface area (Å²) in [6.45, 7) is 2.99. The summed E-state index contributed by atoms with van der Waals surface area (Å²) in [6, 6.07) is 4.64. The van der Waals surface area contributed by atoms with E-state index in [9.17, 15) is 18.8 Å². The monoisotopic (exact) mass is 420 g/mol. The molecular formula is C23H33FN2O4. The van der Waals surface area contributed by atoms with Crippen LogP contribution in [0.3, 0.4) is 0 Å². The minimum atomic E-state index is -0.989. The number of ether oxygens (including phenoxy) is 1. The van der Waals surface area contributed by atoms with Crippen LogP contribution in [-0.4, -0.2) is 48.4 Å². The summed E-state index contributed by atoms with van der Waals surface area (Å²) < 4.78 is 19.3. The number of unbranched alkanes of at least 4 members (excludes halogenated alkanes) is 7. The van der Waals surface area contributed by atoms with Gasteiger partial charge in [0.1, 0.15) is 11.9 Å². The number of benzene rings is 1. The number of halogens is 1. The van der Waals surface area contributed by atoms with Gasteiger partial charge in [-0.2, -0.15) is 0 Å². The first-order valence-corrected chi connectivity index (χ1v) is 11.0. The van der Waals surface area contributed by atoms with Gasteiger partial charge in [-0.1, -0.05) is 64.0 Å². The Morgan fingerprint density at radius 1 is 1.10 bits per heavy atom. The van der Waals surface area contributed by atoms with Crippen LogP contribution in [0.5, 0.6) is 0 Å². The van der Waals surface area contributed by atoms with Gasteiger partial charge in [0, 0.05) is 13.1 Å². The van der Waals surface area contributed by atoms with E-state index >= 15 is 0 Å². The largest absolute Gasteiger partial charge is 0.466 e. The smallest absolute Gasteiger partial charge is 0.308 e. The standard InChI is InChI=1S/C23H33FN2O4/c1-2-3-4-5-6-7-8-11-16-30-21(27)17-20-22(28)25-14-15-26(20)23(29)18-12-9-10-13-19(18)24/h9-10,12-13,20H,2-8,11,14-17H2,1H3,(H,25,28). The fraction of sp³-hybridized carbons (Fsp3) is 0.609. The molecule has 1 N–H and O–H groups in total. The number of carbonyl (C=O) groups is 3. The van der Waals surface area contributed by atoms with Gasteiger partial charge in [-0.25, -0.2) is 4.39 Å². The van der Waals surface area contributed by atoms with Gasteiger partial charge in [-0.15, -0.1) is 0 Å². The molecular weight excluding hydrogens is 387 g/mol. The number of carbonyl (C=O) groups excluding carboxylic acids is 3. The molecule has 0 radical (unpaired) electrons. The van der Waals surface area contributed by atoms with Crippen molar-refractivity contribution in [3.63, 3.8) is 0 Å². The Kier molecular flexibility index (Phi) is 10.3. The van der Waals surface area contributed by atoms with E-state index in [-0.39, 0.29) is 25.1 Å². The lowest BCUT2D eigenvalue weighted by atomic mass is 10.1. The molecule has 2 amide bonds. The summed E-state index contributed by atoms with van der Waals surface area (Å²) >= 11 is 0. The molecule has 1 heterocycles. The number of amides is 2. The molecule has 1 saturated heterocycles. The normalized spacial score (nSPS) is 16.3. The third-order valence-corrected chi connectivity index (χ3v) is 5.32. The lowest BCUT2D eigenvalue weighted by Crippen LogP contribution is -2.58. The molecule has 1 aliphatic heterocycles. The number of hydrogen-bond acceptors (Lipinski definition) is 4. The van der Waals surface area contributed by atoms with Gasteiger partial charge < -0.3 is 15.0 Å². The molecule has 1 atom stereocenters. The maximum absolute atomic E-state index is 14.0. The van der Waals surface area contributed by atoms with Crippen molar-refractivity contribution >= 4 is 17.8 Å². The highest BCUT2D eigenvalue weighted by atomic mass is 19.1. The van der Waals surface area contributed by atoms with Gasteiger partial charge in [-0.3, -0.25) is 14.4 Å². The zero-order valence-electron chi connectivity index (χ0n) is 17.8. The topological polar surface area (TPSA) is 75.7 Å². The van der Waals surface area contributed by atoms with Crippen LogP contribution in [0.4, 0.5) is 4.39 Å². The van der Waals surface area contributed by atoms with E-state index in [2.05, 4.69) is 12.2 Å². The third-order valence-electron chi connectivity index (χ3n) is 5.32. The zero-order chi connectivity index (χ0) is 21.8. The van der Waals surface area contributed by atoms with E-state index in [0.29, 0.717) is 6.61 Å². The molecule has 0 saturated carbocycles. The average molecular weight is 421 g/mol. The zero-order valence-corrected chi connectivity index (χ0v) is 17.8. The maximum Gasteiger partial charge on any atom is 0.308 e. The Balaban J connectivity index is 1.78. The Morgan fingerprint density at radius 3 is 2.47 bits per heavy atom. The molecule has 1 aliphatic rings. The summed E-state index contributed by atoms with van der Waals surface area (Å²) in [5.41, 5.74) is -0.107. The van der Waals surface area contributed by atoms with Crippen LogP contribution in [0.15, 0.2) is 24.3 Å². The number of hydrogen-bond donors (Lipinski definition) is 1. The van der Waals surface area contributed by atoms with Crippen molar-refractivity contribution in [1.82, 2.24) is 10.2 Å². The highest BCUT2D eigenvalue weighted by Gasteiger charge is 2.36. The van der Waals surface area contributed by atoms with E-state index in [1.165, 1.54) is 55.2 Å². The number of rotatable bonds is 12. The van der Waals surface area contributed by atoms with E-state index < -0.39 is 29.6 Å². The maximum atomic E-state index is 14.0. The van der Waals surface area contributed by atoms with Crippen molar-refractivity contribution in [2.24, 2.45) is 0 Å². The minimum Gasteiger partial charge on any atom is -0.466 e. The van der Waals surface area contributed by atoms with Gasteiger partial charge in [0.15, 0.2) is 0 Å².